The minimum Gasteiger partial charge on any atom is -0.357 e. The summed E-state index contributed by atoms with van der Waals surface area (Å²) in [7, 11) is 3.59. The van der Waals surface area contributed by atoms with Gasteiger partial charge in [0.25, 0.3) is 5.91 Å². The number of carbonyl (C=O) groups is 2. The van der Waals surface area contributed by atoms with Crippen LogP contribution in [-0.4, -0.2) is 52.9 Å². The van der Waals surface area contributed by atoms with Crippen molar-refractivity contribution in [3.05, 3.63) is 40.7 Å². The molecule has 2 amide bonds. The zero-order valence-corrected chi connectivity index (χ0v) is 18.3. The van der Waals surface area contributed by atoms with Gasteiger partial charge in [0.05, 0.1) is 5.69 Å². The second-order valence-electron chi connectivity index (χ2n) is 8.51. The Bertz CT molecular complexity index is 914. The summed E-state index contributed by atoms with van der Waals surface area (Å²) in [5.41, 5.74) is 1.68. The molecule has 156 valence electrons. The number of amides is 2. The number of fused-ring (bicyclic) bond motifs is 1. The summed E-state index contributed by atoms with van der Waals surface area (Å²) in [4.78, 5) is 32.4. The molecular formula is C21H28ClN5O2. The van der Waals surface area contributed by atoms with Crippen LogP contribution >= 0.6 is 11.6 Å². The Morgan fingerprint density at radius 3 is 2.41 bits per heavy atom. The maximum atomic E-state index is 13.2. The third-order valence-electron chi connectivity index (χ3n) is 5.17. The number of benzene rings is 1. The summed E-state index contributed by atoms with van der Waals surface area (Å²) in [6.45, 7) is 7.98. The van der Waals surface area contributed by atoms with Gasteiger partial charge in [-0.05, 0) is 36.7 Å². The highest BCUT2D eigenvalue weighted by atomic mass is 35.5. The Labute approximate surface area is 176 Å². The van der Waals surface area contributed by atoms with Crippen molar-refractivity contribution >= 4 is 23.4 Å². The lowest BCUT2D eigenvalue weighted by molar-refractivity contribution is -0.124. The maximum Gasteiger partial charge on any atom is 0.272 e. The number of imidazole rings is 1. The first kappa shape index (κ1) is 21.3. The van der Waals surface area contributed by atoms with Crippen LogP contribution in [0.15, 0.2) is 24.3 Å². The summed E-state index contributed by atoms with van der Waals surface area (Å²) in [6.07, 6.45) is 0. The maximum absolute atomic E-state index is 13.2. The van der Waals surface area contributed by atoms with Gasteiger partial charge in [0.15, 0.2) is 5.69 Å². The highest BCUT2D eigenvalue weighted by Gasteiger charge is 2.34. The van der Waals surface area contributed by atoms with Crippen LogP contribution in [0, 0.1) is 5.41 Å². The van der Waals surface area contributed by atoms with Crippen molar-refractivity contribution in [3.8, 4) is 11.4 Å². The van der Waals surface area contributed by atoms with Gasteiger partial charge < -0.3 is 15.2 Å². The van der Waals surface area contributed by atoms with Crippen LogP contribution in [-0.2, 0) is 17.9 Å². The van der Waals surface area contributed by atoms with Crippen LogP contribution in [0.4, 0.5) is 0 Å². The van der Waals surface area contributed by atoms with Gasteiger partial charge in [0.1, 0.15) is 11.9 Å². The fraction of sp³-hybridized carbons (Fsp3) is 0.476. The van der Waals surface area contributed by atoms with Crippen molar-refractivity contribution in [2.45, 2.75) is 39.9 Å². The second kappa shape index (κ2) is 8.16. The van der Waals surface area contributed by atoms with Crippen LogP contribution in [0.2, 0.25) is 5.02 Å². The first-order chi connectivity index (χ1) is 13.6. The zero-order valence-electron chi connectivity index (χ0n) is 17.5. The molecule has 2 N–H and O–H groups in total. The topological polar surface area (TPSA) is 79.3 Å². The van der Waals surface area contributed by atoms with E-state index in [1.54, 1.807) is 7.05 Å². The first-order valence-corrected chi connectivity index (χ1v) is 10.1. The SMILES string of the molecule is CNC(=O)[C@@H](NC(=O)c1nc(-c2ccc(Cl)cc2)n2c1CN(C)CC2)C(C)(C)C. The number of likely N-dealkylation sites (N-methyl/N-ethyl adjacent to an activating group) is 2. The van der Waals surface area contributed by atoms with E-state index in [1.165, 1.54) is 0 Å². The molecule has 0 unspecified atom stereocenters. The second-order valence-corrected chi connectivity index (χ2v) is 8.95. The molecule has 0 aliphatic carbocycles. The average molecular weight is 418 g/mol. The Morgan fingerprint density at radius 2 is 1.83 bits per heavy atom. The largest absolute Gasteiger partial charge is 0.357 e. The number of hydrogen-bond donors (Lipinski definition) is 2. The smallest absolute Gasteiger partial charge is 0.272 e. The lowest BCUT2D eigenvalue weighted by Gasteiger charge is -2.30. The molecule has 1 aromatic carbocycles. The molecule has 1 aromatic heterocycles. The Balaban J connectivity index is 2.01. The van der Waals surface area contributed by atoms with Crippen molar-refractivity contribution < 1.29 is 9.59 Å². The molecule has 8 heteroatoms. The molecule has 1 aliphatic heterocycles. The van der Waals surface area contributed by atoms with E-state index in [9.17, 15) is 9.59 Å². The number of nitrogens with one attached hydrogen (secondary N) is 2. The van der Waals surface area contributed by atoms with Crippen LogP contribution in [0.5, 0.6) is 0 Å². The molecule has 2 heterocycles. The molecule has 29 heavy (non-hydrogen) atoms. The van der Waals surface area contributed by atoms with Crippen molar-refractivity contribution in [3.63, 3.8) is 0 Å². The molecule has 0 saturated heterocycles. The third kappa shape index (κ3) is 4.46. The number of carbonyl (C=O) groups excluding carboxylic acids is 2. The zero-order chi connectivity index (χ0) is 21.3. The fourth-order valence-electron chi connectivity index (χ4n) is 3.51. The molecule has 7 nitrogen and oxygen atoms in total. The highest BCUT2D eigenvalue weighted by Crippen LogP contribution is 2.28. The van der Waals surface area contributed by atoms with Crippen molar-refractivity contribution in [1.82, 2.24) is 25.1 Å². The summed E-state index contributed by atoms with van der Waals surface area (Å²) < 4.78 is 2.09. The van der Waals surface area contributed by atoms with Crippen LogP contribution in [0.25, 0.3) is 11.4 Å². The average Bonchev–Trinajstić information content (AvgIpc) is 3.03. The quantitative estimate of drug-likeness (QED) is 0.801. The van der Waals surface area contributed by atoms with Gasteiger partial charge in [-0.2, -0.15) is 0 Å². The first-order valence-electron chi connectivity index (χ1n) is 9.68. The lowest BCUT2D eigenvalue weighted by atomic mass is 9.86. The van der Waals surface area contributed by atoms with Gasteiger partial charge in [-0.15, -0.1) is 0 Å². The Hall–Kier alpha value is -2.38. The predicted molar refractivity (Wildman–Crippen MR) is 114 cm³/mol. The molecule has 0 spiro atoms. The van der Waals surface area contributed by atoms with E-state index in [-0.39, 0.29) is 11.8 Å². The number of nitrogens with zero attached hydrogens (tertiary/aromatic N) is 3. The number of hydrogen-bond acceptors (Lipinski definition) is 4. The normalized spacial score (nSPS) is 15.5. The van der Waals surface area contributed by atoms with Gasteiger partial charge >= 0.3 is 0 Å². The van der Waals surface area contributed by atoms with E-state index in [4.69, 9.17) is 16.6 Å². The molecule has 1 atom stereocenters. The monoisotopic (exact) mass is 417 g/mol. The van der Waals surface area contributed by atoms with Crippen molar-refractivity contribution in [2.75, 3.05) is 20.6 Å². The van der Waals surface area contributed by atoms with Crippen LogP contribution in [0.1, 0.15) is 37.0 Å². The van der Waals surface area contributed by atoms with Gasteiger partial charge in [-0.1, -0.05) is 32.4 Å². The fourth-order valence-corrected chi connectivity index (χ4v) is 3.64. The summed E-state index contributed by atoms with van der Waals surface area (Å²) in [5.74, 6) is 0.170. The molecule has 0 fully saturated rings. The molecular weight excluding hydrogens is 390 g/mol. The van der Waals surface area contributed by atoms with Crippen molar-refractivity contribution in [1.29, 1.82) is 0 Å². The highest BCUT2D eigenvalue weighted by molar-refractivity contribution is 6.30. The van der Waals surface area contributed by atoms with Crippen molar-refractivity contribution in [2.24, 2.45) is 5.41 Å². The molecule has 3 rings (SSSR count). The van der Waals surface area contributed by atoms with Crippen LogP contribution < -0.4 is 10.6 Å². The van der Waals surface area contributed by atoms with E-state index in [0.29, 0.717) is 17.3 Å². The third-order valence-corrected chi connectivity index (χ3v) is 5.42. The Morgan fingerprint density at radius 1 is 1.17 bits per heavy atom. The summed E-state index contributed by atoms with van der Waals surface area (Å²) in [5, 5.41) is 6.18. The van der Waals surface area contributed by atoms with E-state index >= 15 is 0 Å². The molecule has 0 bridgehead atoms. The van der Waals surface area contributed by atoms with Gasteiger partial charge in [0.2, 0.25) is 5.91 Å². The summed E-state index contributed by atoms with van der Waals surface area (Å²) in [6, 6.07) is 6.77. The predicted octanol–water partition coefficient (Wildman–Crippen LogP) is 2.54. The minimum atomic E-state index is -0.669. The van der Waals surface area contributed by atoms with E-state index in [1.807, 2.05) is 52.1 Å². The van der Waals surface area contributed by atoms with Gasteiger partial charge in [-0.25, -0.2) is 4.98 Å². The van der Waals surface area contributed by atoms with E-state index in [0.717, 1.165) is 30.2 Å². The van der Waals surface area contributed by atoms with E-state index in [2.05, 4.69) is 20.1 Å². The standard InChI is InChI=1S/C21H28ClN5O2/c1-21(2,3)17(20(29)23-4)25-19(28)16-15-12-26(5)10-11-27(15)18(24-16)13-6-8-14(22)9-7-13/h6-9,17H,10-12H2,1-5H3,(H,23,29)(H,25,28)/t17-/m1/s1. The van der Waals surface area contributed by atoms with E-state index < -0.39 is 11.5 Å². The van der Waals surface area contributed by atoms with Crippen LogP contribution in [0.3, 0.4) is 0 Å². The summed E-state index contributed by atoms with van der Waals surface area (Å²) >= 11 is 6.02. The lowest BCUT2D eigenvalue weighted by Crippen LogP contribution is -2.53. The number of halogens is 1. The van der Waals surface area contributed by atoms with Gasteiger partial charge in [-0.3, -0.25) is 14.5 Å². The Kier molecular flexibility index (Phi) is 6.00. The number of rotatable bonds is 4. The minimum absolute atomic E-state index is 0.228. The molecule has 0 saturated carbocycles. The molecule has 0 radical (unpaired) electrons. The molecule has 2 aromatic rings. The van der Waals surface area contributed by atoms with Gasteiger partial charge in [0, 0.05) is 37.3 Å². The molecule has 1 aliphatic rings. The number of aromatic nitrogens is 2.